The molecule has 0 fully saturated rings. The van der Waals surface area contributed by atoms with E-state index in [0.29, 0.717) is 31.9 Å². The van der Waals surface area contributed by atoms with Gasteiger partial charge in [0.2, 0.25) is 0 Å². The summed E-state index contributed by atoms with van der Waals surface area (Å²) in [4.78, 5) is 19.4. The fourth-order valence-corrected chi connectivity index (χ4v) is 1.40. The number of carbonyl (C=O) groups is 1. The first kappa shape index (κ1) is 14.4. The summed E-state index contributed by atoms with van der Waals surface area (Å²) in [6.45, 7) is 5.31. The molecule has 6 nitrogen and oxygen atoms in total. The number of rotatable bonds is 8. The molecular weight excluding hydrogens is 232 g/mol. The number of ketones is 1. The topological polar surface area (TPSA) is 76.1 Å². The number of methoxy groups -OCH3 is 1. The maximum absolute atomic E-state index is 10.8. The second-order valence-electron chi connectivity index (χ2n) is 3.98. The molecule has 0 aliphatic carbocycles. The van der Waals surface area contributed by atoms with Gasteiger partial charge >= 0.3 is 0 Å². The Morgan fingerprint density at radius 1 is 1.28 bits per heavy atom. The van der Waals surface area contributed by atoms with Crippen LogP contribution in [0.2, 0.25) is 0 Å². The van der Waals surface area contributed by atoms with Crippen LogP contribution in [-0.4, -0.2) is 42.6 Å². The lowest BCUT2D eigenvalue weighted by Gasteiger charge is -2.09. The molecule has 1 heterocycles. The van der Waals surface area contributed by atoms with Gasteiger partial charge in [-0.05, 0) is 13.8 Å². The van der Waals surface area contributed by atoms with Crippen molar-refractivity contribution in [3.05, 3.63) is 11.9 Å². The third kappa shape index (κ3) is 5.58. The maximum Gasteiger partial charge on any atom is 0.131 e. The van der Waals surface area contributed by atoms with Crippen LogP contribution in [-0.2, 0) is 9.53 Å². The lowest BCUT2D eigenvalue weighted by molar-refractivity contribution is -0.116. The predicted octanol–water partition coefficient (Wildman–Crippen LogP) is 1.23. The molecule has 1 aromatic heterocycles. The number of anilines is 2. The van der Waals surface area contributed by atoms with Crippen molar-refractivity contribution in [1.82, 2.24) is 9.97 Å². The maximum atomic E-state index is 10.8. The summed E-state index contributed by atoms with van der Waals surface area (Å²) in [5.41, 5.74) is 0. The van der Waals surface area contributed by atoms with Gasteiger partial charge in [-0.3, -0.25) is 4.79 Å². The Bertz CT molecular complexity index is 396. The molecule has 18 heavy (non-hydrogen) atoms. The van der Waals surface area contributed by atoms with Gasteiger partial charge in [0.1, 0.15) is 23.2 Å². The van der Waals surface area contributed by atoms with Crippen LogP contribution in [0.1, 0.15) is 19.2 Å². The number of carbonyl (C=O) groups excluding carboxylic acids is 1. The fourth-order valence-electron chi connectivity index (χ4n) is 1.40. The lowest BCUT2D eigenvalue weighted by atomic mass is 10.3. The van der Waals surface area contributed by atoms with Gasteiger partial charge < -0.3 is 15.4 Å². The molecule has 0 amide bonds. The smallest absolute Gasteiger partial charge is 0.131 e. The summed E-state index contributed by atoms with van der Waals surface area (Å²) in [5.74, 6) is 2.32. The molecule has 2 N–H and O–H groups in total. The van der Waals surface area contributed by atoms with Gasteiger partial charge in [-0.25, -0.2) is 9.97 Å². The van der Waals surface area contributed by atoms with Crippen molar-refractivity contribution in [1.29, 1.82) is 0 Å². The van der Waals surface area contributed by atoms with Crippen molar-refractivity contribution in [2.75, 3.05) is 37.4 Å². The van der Waals surface area contributed by atoms with E-state index in [0.717, 1.165) is 11.6 Å². The highest BCUT2D eigenvalue weighted by atomic mass is 16.5. The van der Waals surface area contributed by atoms with Gasteiger partial charge in [0.15, 0.2) is 0 Å². The van der Waals surface area contributed by atoms with Crippen LogP contribution >= 0.6 is 0 Å². The molecule has 0 unspecified atom stereocenters. The lowest BCUT2D eigenvalue weighted by Crippen LogP contribution is -2.12. The van der Waals surface area contributed by atoms with Gasteiger partial charge in [-0.2, -0.15) is 0 Å². The van der Waals surface area contributed by atoms with Gasteiger partial charge in [0.25, 0.3) is 0 Å². The first-order valence-corrected chi connectivity index (χ1v) is 5.93. The Morgan fingerprint density at radius 2 is 1.89 bits per heavy atom. The number of hydrogen-bond acceptors (Lipinski definition) is 6. The molecule has 0 saturated carbocycles. The minimum Gasteiger partial charge on any atom is -0.383 e. The minimum absolute atomic E-state index is 0.159. The molecule has 1 aromatic rings. The van der Waals surface area contributed by atoms with Crippen LogP contribution in [0.4, 0.5) is 11.6 Å². The van der Waals surface area contributed by atoms with Crippen LogP contribution in [0, 0.1) is 6.92 Å². The first-order chi connectivity index (χ1) is 8.61. The largest absolute Gasteiger partial charge is 0.383 e. The standard InChI is InChI=1S/C12H20N4O2/c1-9(17)4-5-13-11-8-12(14-6-7-18-3)16-10(2)15-11/h8H,4-7H2,1-3H3,(H2,13,14,15,16). The number of nitrogens with zero attached hydrogens (tertiary/aromatic N) is 2. The summed E-state index contributed by atoms with van der Waals surface area (Å²) in [6, 6.07) is 1.82. The highest BCUT2D eigenvalue weighted by Gasteiger charge is 2.01. The summed E-state index contributed by atoms with van der Waals surface area (Å²) in [5, 5.41) is 6.25. The van der Waals surface area contributed by atoms with Crippen molar-refractivity contribution in [3.8, 4) is 0 Å². The van der Waals surface area contributed by atoms with Gasteiger partial charge in [-0.15, -0.1) is 0 Å². The van der Waals surface area contributed by atoms with E-state index in [1.807, 2.05) is 13.0 Å². The van der Waals surface area contributed by atoms with E-state index >= 15 is 0 Å². The Morgan fingerprint density at radius 3 is 2.44 bits per heavy atom. The molecule has 0 bridgehead atoms. The molecule has 0 aliphatic rings. The number of nitrogens with one attached hydrogen (secondary N) is 2. The summed E-state index contributed by atoms with van der Waals surface area (Å²) < 4.78 is 4.96. The Labute approximate surface area is 107 Å². The van der Waals surface area contributed by atoms with E-state index in [-0.39, 0.29) is 5.78 Å². The van der Waals surface area contributed by atoms with Crippen LogP contribution in [0.15, 0.2) is 6.07 Å². The second-order valence-corrected chi connectivity index (χ2v) is 3.98. The minimum atomic E-state index is 0.159. The van der Waals surface area contributed by atoms with E-state index < -0.39 is 0 Å². The average Bonchev–Trinajstić information content (AvgIpc) is 2.28. The zero-order valence-electron chi connectivity index (χ0n) is 11.1. The Kier molecular flexibility index (Phi) is 6.07. The van der Waals surface area contributed by atoms with E-state index in [2.05, 4.69) is 20.6 Å². The van der Waals surface area contributed by atoms with Crippen LogP contribution < -0.4 is 10.6 Å². The number of aryl methyl sites for hydroxylation is 1. The molecule has 0 saturated heterocycles. The normalized spacial score (nSPS) is 10.2. The van der Waals surface area contributed by atoms with Gasteiger partial charge in [0.05, 0.1) is 6.61 Å². The Balaban J connectivity index is 2.54. The number of aromatic nitrogens is 2. The Hall–Kier alpha value is -1.69. The van der Waals surface area contributed by atoms with Crippen molar-refractivity contribution < 1.29 is 9.53 Å². The molecule has 0 aromatic carbocycles. The molecule has 100 valence electrons. The number of hydrogen-bond donors (Lipinski definition) is 2. The highest BCUT2D eigenvalue weighted by molar-refractivity contribution is 5.75. The zero-order valence-corrected chi connectivity index (χ0v) is 11.1. The van der Waals surface area contributed by atoms with E-state index in [1.165, 1.54) is 0 Å². The molecule has 6 heteroatoms. The molecular formula is C12H20N4O2. The number of Topliss-reactive ketones (excluding diaryl/α,β-unsaturated/α-hetero) is 1. The SMILES string of the molecule is COCCNc1cc(NCCC(C)=O)nc(C)n1. The van der Waals surface area contributed by atoms with Gasteiger partial charge in [-0.1, -0.05) is 0 Å². The fraction of sp³-hybridized carbons (Fsp3) is 0.583. The van der Waals surface area contributed by atoms with Crippen molar-refractivity contribution in [2.45, 2.75) is 20.3 Å². The van der Waals surface area contributed by atoms with Crippen molar-refractivity contribution >= 4 is 17.4 Å². The third-order valence-corrected chi connectivity index (χ3v) is 2.23. The van der Waals surface area contributed by atoms with Crippen LogP contribution in [0.25, 0.3) is 0 Å². The second kappa shape index (κ2) is 7.60. The van der Waals surface area contributed by atoms with Gasteiger partial charge in [0, 0.05) is 32.7 Å². The monoisotopic (exact) mass is 252 g/mol. The van der Waals surface area contributed by atoms with Crippen molar-refractivity contribution in [3.63, 3.8) is 0 Å². The zero-order chi connectivity index (χ0) is 13.4. The number of ether oxygens (including phenoxy) is 1. The molecule has 0 atom stereocenters. The summed E-state index contributed by atoms with van der Waals surface area (Å²) in [7, 11) is 1.65. The van der Waals surface area contributed by atoms with E-state index in [1.54, 1.807) is 14.0 Å². The molecule has 0 aliphatic heterocycles. The molecule has 1 rings (SSSR count). The quantitative estimate of drug-likeness (QED) is 0.678. The summed E-state index contributed by atoms with van der Waals surface area (Å²) >= 11 is 0. The van der Waals surface area contributed by atoms with E-state index in [4.69, 9.17) is 4.74 Å². The first-order valence-electron chi connectivity index (χ1n) is 5.93. The van der Waals surface area contributed by atoms with Crippen LogP contribution in [0.3, 0.4) is 0 Å². The van der Waals surface area contributed by atoms with Crippen molar-refractivity contribution in [2.24, 2.45) is 0 Å². The van der Waals surface area contributed by atoms with Crippen LogP contribution in [0.5, 0.6) is 0 Å². The molecule has 0 radical (unpaired) electrons. The molecule has 0 spiro atoms. The van der Waals surface area contributed by atoms with E-state index in [9.17, 15) is 4.79 Å². The summed E-state index contributed by atoms with van der Waals surface area (Å²) in [6.07, 6.45) is 0.496. The highest BCUT2D eigenvalue weighted by Crippen LogP contribution is 2.10. The average molecular weight is 252 g/mol. The predicted molar refractivity (Wildman–Crippen MR) is 70.9 cm³/mol. The third-order valence-electron chi connectivity index (χ3n) is 2.23.